The lowest BCUT2D eigenvalue weighted by molar-refractivity contribution is -0.142. The third-order valence-corrected chi connectivity index (χ3v) is 9.62. The highest BCUT2D eigenvalue weighted by atomic mass is 32.2. The van der Waals surface area contributed by atoms with Gasteiger partial charge in [-0.05, 0) is 62.4 Å². The van der Waals surface area contributed by atoms with E-state index in [0.717, 1.165) is 11.8 Å². The smallest absolute Gasteiger partial charge is 0.327 e. The molecular weight excluding hydrogens is 683 g/mol. The number of aromatic amines is 1. The quantitative estimate of drug-likeness (QED) is 0.185. The summed E-state index contributed by atoms with van der Waals surface area (Å²) in [5.74, 6) is -6.31. The van der Waals surface area contributed by atoms with Crippen LogP contribution in [-0.4, -0.2) is 92.8 Å². The number of benzene rings is 2. The highest BCUT2D eigenvalue weighted by Crippen LogP contribution is 2.31. The first kappa shape index (κ1) is 38.8. The molecule has 16 heteroatoms. The van der Waals surface area contributed by atoms with Gasteiger partial charge in [0.05, 0.1) is 11.1 Å². The molecule has 2 heterocycles. The standard InChI is InChI=1S/C35H43FN6O8S/c1-16(2)13-25-31(46)37-18(4)29(44)42-28(19(5)43)33(48)40-27(35(49)50)15-51-34-22(21-9-6-7-12-24(21)41-34)14-26(32(47)39-25)38-30(45)20-10-8-11-23(36)17(20)3/h6-12,16,18-19,25-28,41,43H,13-15H2,1-5H3,(H,37,46)(H,38,45)(H,39,47)(H,40,48)(H,42,44)(H,49,50)/t18-,19-,25+,26+,27+,28+/m1/s1. The van der Waals surface area contributed by atoms with Crippen LogP contribution in [0, 0.1) is 18.7 Å². The fourth-order valence-electron chi connectivity index (χ4n) is 5.65. The molecule has 5 amide bonds. The molecule has 51 heavy (non-hydrogen) atoms. The van der Waals surface area contributed by atoms with Crippen LogP contribution >= 0.6 is 11.8 Å². The molecule has 2 aromatic carbocycles. The molecule has 0 spiro atoms. The normalized spacial score (nSPS) is 23.2. The van der Waals surface area contributed by atoms with Crippen molar-refractivity contribution < 1.29 is 43.4 Å². The van der Waals surface area contributed by atoms with Crippen LogP contribution in [0.5, 0.6) is 0 Å². The summed E-state index contributed by atoms with van der Waals surface area (Å²) in [6.07, 6.45) is -1.42. The number of thioether (sulfide) groups is 1. The van der Waals surface area contributed by atoms with E-state index in [-0.39, 0.29) is 35.6 Å². The molecule has 6 atom stereocenters. The summed E-state index contributed by atoms with van der Waals surface area (Å²) in [5.41, 5.74) is 1.26. The SMILES string of the molecule is Cc1c(F)cccc1C(=O)N[C@H]1Cc2c([nH]c3ccccc23)SC[C@@H](C(=O)O)NC(=O)[C@H]([C@@H](C)O)NC(=O)[C@@H](C)NC(=O)[C@H](CC(C)C)NC1=O. The second kappa shape index (κ2) is 16.8. The molecule has 0 aliphatic carbocycles. The van der Waals surface area contributed by atoms with Crippen LogP contribution in [0.1, 0.15) is 55.6 Å². The van der Waals surface area contributed by atoms with E-state index < -0.39 is 77.6 Å². The maximum Gasteiger partial charge on any atom is 0.327 e. The van der Waals surface area contributed by atoms with Crippen molar-refractivity contribution in [1.82, 2.24) is 31.6 Å². The first-order valence-electron chi connectivity index (χ1n) is 16.5. The second-order valence-corrected chi connectivity index (χ2v) is 14.0. The number of aliphatic hydroxyl groups is 1. The molecule has 0 radical (unpaired) electrons. The topological polar surface area (TPSA) is 219 Å². The number of carboxylic acid groups (broad SMARTS) is 1. The number of nitrogens with one attached hydrogen (secondary N) is 6. The Balaban J connectivity index is 1.82. The van der Waals surface area contributed by atoms with E-state index >= 15 is 0 Å². The van der Waals surface area contributed by atoms with Crippen LogP contribution in [0.2, 0.25) is 0 Å². The van der Waals surface area contributed by atoms with Gasteiger partial charge in [0.2, 0.25) is 23.6 Å². The van der Waals surface area contributed by atoms with Gasteiger partial charge < -0.3 is 41.8 Å². The molecule has 274 valence electrons. The van der Waals surface area contributed by atoms with E-state index in [1.165, 1.54) is 39.0 Å². The Morgan fingerprint density at radius 3 is 2.31 bits per heavy atom. The maximum atomic E-state index is 14.4. The van der Waals surface area contributed by atoms with Crippen LogP contribution in [0.25, 0.3) is 10.9 Å². The first-order valence-corrected chi connectivity index (χ1v) is 17.5. The van der Waals surface area contributed by atoms with Crippen molar-refractivity contribution >= 4 is 58.2 Å². The molecule has 0 bridgehead atoms. The number of H-pyrrole nitrogens is 1. The van der Waals surface area contributed by atoms with Gasteiger partial charge >= 0.3 is 5.97 Å². The highest BCUT2D eigenvalue weighted by Gasteiger charge is 2.34. The van der Waals surface area contributed by atoms with Gasteiger partial charge in [-0.1, -0.05) is 38.1 Å². The van der Waals surface area contributed by atoms with Crippen LogP contribution in [-0.2, 0) is 30.4 Å². The Labute approximate surface area is 298 Å². The number of para-hydroxylation sites is 1. The van der Waals surface area contributed by atoms with Crippen LogP contribution < -0.4 is 26.6 Å². The predicted molar refractivity (Wildman–Crippen MR) is 187 cm³/mol. The van der Waals surface area contributed by atoms with E-state index in [1.54, 1.807) is 24.3 Å². The number of amides is 5. The van der Waals surface area contributed by atoms with Crippen molar-refractivity contribution in [1.29, 1.82) is 0 Å². The number of aromatic nitrogens is 1. The van der Waals surface area contributed by atoms with E-state index in [1.807, 2.05) is 13.8 Å². The third-order valence-electron chi connectivity index (χ3n) is 8.48. The Morgan fingerprint density at radius 2 is 1.65 bits per heavy atom. The molecule has 3 aromatic rings. The van der Waals surface area contributed by atoms with E-state index in [2.05, 4.69) is 31.6 Å². The maximum absolute atomic E-state index is 14.4. The van der Waals surface area contributed by atoms with Gasteiger partial charge in [0.25, 0.3) is 5.91 Å². The molecular formula is C35H43FN6O8S. The van der Waals surface area contributed by atoms with Crippen molar-refractivity contribution in [3.8, 4) is 0 Å². The Morgan fingerprint density at radius 1 is 0.941 bits per heavy atom. The zero-order valence-corrected chi connectivity index (χ0v) is 29.7. The zero-order chi connectivity index (χ0) is 37.6. The van der Waals surface area contributed by atoms with Gasteiger partial charge in [0, 0.05) is 28.6 Å². The molecule has 0 saturated heterocycles. The summed E-state index contributed by atoms with van der Waals surface area (Å²) >= 11 is 1.04. The van der Waals surface area contributed by atoms with Crippen LogP contribution in [0.15, 0.2) is 47.5 Å². The number of rotatable bonds is 6. The summed E-state index contributed by atoms with van der Waals surface area (Å²) in [4.78, 5) is 83.1. The van der Waals surface area contributed by atoms with E-state index in [4.69, 9.17) is 0 Å². The van der Waals surface area contributed by atoms with Gasteiger partial charge in [0.1, 0.15) is 36.0 Å². The molecule has 0 fully saturated rings. The lowest BCUT2D eigenvalue weighted by Crippen LogP contribution is -2.60. The lowest BCUT2D eigenvalue weighted by atomic mass is 10.00. The average Bonchev–Trinajstić information content (AvgIpc) is 3.41. The number of carbonyl (C=O) groups is 6. The minimum atomic E-state index is -1.55. The minimum absolute atomic E-state index is 0.00244. The fraction of sp³-hybridized carbons (Fsp3) is 0.429. The molecule has 0 unspecified atom stereocenters. The molecule has 14 nitrogen and oxygen atoms in total. The summed E-state index contributed by atoms with van der Waals surface area (Å²) in [5, 5.41) is 34.2. The van der Waals surface area contributed by atoms with Gasteiger partial charge in [-0.2, -0.15) is 0 Å². The zero-order valence-electron chi connectivity index (χ0n) is 28.8. The molecule has 1 aliphatic rings. The monoisotopic (exact) mass is 726 g/mol. The number of hydrogen-bond acceptors (Lipinski definition) is 8. The van der Waals surface area contributed by atoms with Crippen molar-refractivity contribution in [3.05, 3.63) is 65.0 Å². The Bertz CT molecular complexity index is 1810. The largest absolute Gasteiger partial charge is 0.480 e. The van der Waals surface area contributed by atoms with Gasteiger partial charge in [-0.3, -0.25) is 24.0 Å². The summed E-state index contributed by atoms with van der Waals surface area (Å²) in [6, 6.07) is 4.34. The molecule has 4 rings (SSSR count). The lowest BCUT2D eigenvalue weighted by Gasteiger charge is -2.27. The van der Waals surface area contributed by atoms with Crippen LogP contribution in [0.3, 0.4) is 0 Å². The fourth-order valence-corrected chi connectivity index (χ4v) is 6.75. The van der Waals surface area contributed by atoms with E-state index in [0.29, 0.717) is 21.5 Å². The Kier molecular flexibility index (Phi) is 12.8. The number of halogens is 1. The highest BCUT2D eigenvalue weighted by molar-refractivity contribution is 7.99. The van der Waals surface area contributed by atoms with E-state index in [9.17, 15) is 43.4 Å². The summed E-state index contributed by atoms with van der Waals surface area (Å²) < 4.78 is 14.4. The van der Waals surface area contributed by atoms with Crippen LogP contribution in [0.4, 0.5) is 4.39 Å². The van der Waals surface area contributed by atoms with Crippen molar-refractivity contribution in [3.63, 3.8) is 0 Å². The number of aliphatic hydroxyl groups excluding tert-OH is 1. The third kappa shape index (κ3) is 9.64. The molecule has 0 saturated carbocycles. The number of hydrogen-bond donors (Lipinski definition) is 8. The number of fused-ring (bicyclic) bond motifs is 3. The Hall–Kier alpha value is -4.96. The van der Waals surface area contributed by atoms with Gasteiger partial charge in [-0.15, -0.1) is 11.8 Å². The van der Waals surface area contributed by atoms with Crippen molar-refractivity contribution in [2.24, 2.45) is 5.92 Å². The summed E-state index contributed by atoms with van der Waals surface area (Å²) in [7, 11) is 0. The number of aliphatic carboxylic acids is 1. The van der Waals surface area contributed by atoms with Gasteiger partial charge in [0.15, 0.2) is 0 Å². The summed E-state index contributed by atoms with van der Waals surface area (Å²) in [6.45, 7) is 7.69. The van der Waals surface area contributed by atoms with Gasteiger partial charge in [-0.25, -0.2) is 9.18 Å². The predicted octanol–water partition coefficient (Wildman–Crippen LogP) is 1.53. The number of carbonyl (C=O) groups excluding carboxylic acids is 5. The average molecular weight is 727 g/mol. The molecule has 1 aliphatic heterocycles. The van der Waals surface area contributed by atoms with Crippen molar-refractivity contribution in [2.75, 3.05) is 5.75 Å². The number of carboxylic acids is 1. The molecule has 8 N–H and O–H groups in total. The first-order chi connectivity index (χ1) is 24.1. The van der Waals surface area contributed by atoms with Crippen molar-refractivity contribution in [2.45, 2.75) is 88.8 Å². The molecule has 1 aromatic heterocycles. The second-order valence-electron chi connectivity index (χ2n) is 13.0. The minimum Gasteiger partial charge on any atom is -0.480 e.